The monoisotopic (exact) mass is 252 g/mol. The summed E-state index contributed by atoms with van der Waals surface area (Å²) in [7, 11) is 0. The van der Waals surface area contributed by atoms with Gasteiger partial charge in [-0.1, -0.05) is 30.3 Å². The van der Waals surface area contributed by atoms with Crippen LogP contribution in [-0.4, -0.2) is 11.7 Å². The fourth-order valence-electron chi connectivity index (χ4n) is 1.86. The molecule has 0 aliphatic rings. The molecule has 2 aromatic carbocycles. The van der Waals surface area contributed by atoms with Crippen LogP contribution in [0.15, 0.2) is 48.5 Å². The zero-order valence-electron chi connectivity index (χ0n) is 10.6. The first-order chi connectivity index (χ1) is 9.29. The first kappa shape index (κ1) is 13.1. The van der Waals surface area contributed by atoms with Crippen molar-refractivity contribution in [2.45, 2.75) is 13.0 Å². The summed E-state index contributed by atoms with van der Waals surface area (Å²) >= 11 is 0. The summed E-state index contributed by atoms with van der Waals surface area (Å²) in [5.74, 6) is 0.327. The van der Waals surface area contributed by atoms with Gasteiger partial charge < -0.3 is 10.4 Å². The Morgan fingerprint density at radius 3 is 2.47 bits per heavy atom. The van der Waals surface area contributed by atoms with E-state index in [1.54, 1.807) is 6.07 Å². The molecule has 0 aliphatic carbocycles. The molecule has 2 rings (SSSR count). The third-order valence-corrected chi connectivity index (χ3v) is 2.98. The van der Waals surface area contributed by atoms with Crippen molar-refractivity contribution in [3.63, 3.8) is 0 Å². The van der Waals surface area contributed by atoms with E-state index in [9.17, 15) is 5.11 Å². The van der Waals surface area contributed by atoms with Crippen LogP contribution in [0.3, 0.4) is 0 Å². The Morgan fingerprint density at radius 2 is 1.79 bits per heavy atom. The van der Waals surface area contributed by atoms with Gasteiger partial charge in [0.25, 0.3) is 0 Å². The predicted octanol–water partition coefficient (Wildman–Crippen LogP) is 2.60. The molecule has 0 atom stereocenters. The van der Waals surface area contributed by atoms with E-state index >= 15 is 0 Å². The second-order valence-electron chi connectivity index (χ2n) is 4.36. The lowest BCUT2D eigenvalue weighted by Gasteiger charge is -2.06. The average molecular weight is 252 g/mol. The first-order valence-corrected chi connectivity index (χ1v) is 6.26. The zero-order chi connectivity index (χ0) is 13.5. The predicted molar refractivity (Wildman–Crippen MR) is 74.7 cm³/mol. The summed E-state index contributed by atoms with van der Waals surface area (Å²) in [4.78, 5) is 0. The summed E-state index contributed by atoms with van der Waals surface area (Å²) in [6.07, 6.45) is 0.902. The molecule has 3 heteroatoms. The van der Waals surface area contributed by atoms with Crippen molar-refractivity contribution in [1.29, 1.82) is 5.26 Å². The summed E-state index contributed by atoms with van der Waals surface area (Å²) in [5.41, 5.74) is 2.79. The van der Waals surface area contributed by atoms with Crippen molar-refractivity contribution in [1.82, 2.24) is 5.32 Å². The van der Waals surface area contributed by atoms with Gasteiger partial charge in [0.2, 0.25) is 0 Å². The van der Waals surface area contributed by atoms with Crippen LogP contribution in [-0.2, 0) is 13.0 Å². The molecule has 0 heterocycles. The number of aromatic hydroxyl groups is 1. The highest BCUT2D eigenvalue weighted by Gasteiger charge is 1.99. The first-order valence-electron chi connectivity index (χ1n) is 6.26. The fourth-order valence-corrected chi connectivity index (χ4v) is 1.86. The van der Waals surface area contributed by atoms with Crippen LogP contribution >= 0.6 is 0 Å². The molecular formula is C16H16N2O. The summed E-state index contributed by atoms with van der Waals surface area (Å²) in [6.45, 7) is 1.49. The van der Waals surface area contributed by atoms with Gasteiger partial charge in [0.15, 0.2) is 0 Å². The second-order valence-corrected chi connectivity index (χ2v) is 4.36. The minimum atomic E-state index is 0.327. The third-order valence-electron chi connectivity index (χ3n) is 2.98. The van der Waals surface area contributed by atoms with E-state index in [0.29, 0.717) is 17.9 Å². The van der Waals surface area contributed by atoms with Crippen LogP contribution in [0.5, 0.6) is 5.75 Å². The topological polar surface area (TPSA) is 56.0 Å². The van der Waals surface area contributed by atoms with Crippen molar-refractivity contribution in [3.05, 3.63) is 65.2 Å². The lowest BCUT2D eigenvalue weighted by Crippen LogP contribution is -2.16. The molecule has 0 saturated carbocycles. The number of para-hydroxylation sites is 1. The average Bonchev–Trinajstić information content (AvgIpc) is 2.46. The molecule has 96 valence electrons. The highest BCUT2D eigenvalue weighted by atomic mass is 16.3. The normalized spacial score (nSPS) is 10.1. The highest BCUT2D eigenvalue weighted by Crippen LogP contribution is 2.14. The Kier molecular flexibility index (Phi) is 4.54. The van der Waals surface area contributed by atoms with E-state index < -0.39 is 0 Å². The molecule has 0 unspecified atom stereocenters. The van der Waals surface area contributed by atoms with Gasteiger partial charge in [-0.3, -0.25) is 0 Å². The van der Waals surface area contributed by atoms with Crippen molar-refractivity contribution >= 4 is 0 Å². The number of rotatable bonds is 5. The largest absolute Gasteiger partial charge is 0.508 e. The molecule has 0 radical (unpaired) electrons. The number of benzene rings is 2. The zero-order valence-corrected chi connectivity index (χ0v) is 10.6. The Bertz CT molecular complexity index is 570. The quantitative estimate of drug-likeness (QED) is 0.804. The Balaban J connectivity index is 1.78. The number of phenols is 1. The van der Waals surface area contributed by atoms with Gasteiger partial charge >= 0.3 is 0 Å². The van der Waals surface area contributed by atoms with Crippen molar-refractivity contribution in [2.24, 2.45) is 0 Å². The lowest BCUT2D eigenvalue weighted by atomic mass is 10.1. The van der Waals surface area contributed by atoms with E-state index in [1.165, 1.54) is 5.56 Å². The van der Waals surface area contributed by atoms with Crippen LogP contribution in [0, 0.1) is 11.3 Å². The van der Waals surface area contributed by atoms with E-state index in [4.69, 9.17) is 5.26 Å². The standard InChI is InChI=1S/C16H16N2O/c17-11-14-7-5-13(6-8-14)9-10-18-12-15-3-1-2-4-16(15)19/h1-8,18-19H,9-10,12H2. The molecule has 0 aliphatic heterocycles. The fraction of sp³-hybridized carbons (Fsp3) is 0.188. The maximum absolute atomic E-state index is 9.61. The molecule has 2 aromatic rings. The molecule has 0 saturated heterocycles. The van der Waals surface area contributed by atoms with Gasteiger partial charge in [0, 0.05) is 12.1 Å². The van der Waals surface area contributed by atoms with E-state index in [0.717, 1.165) is 18.5 Å². The molecule has 0 spiro atoms. The molecule has 0 bridgehead atoms. The van der Waals surface area contributed by atoms with Crippen molar-refractivity contribution in [3.8, 4) is 11.8 Å². The summed E-state index contributed by atoms with van der Waals surface area (Å²) < 4.78 is 0. The highest BCUT2D eigenvalue weighted by molar-refractivity contribution is 5.32. The molecule has 0 fully saturated rings. The summed E-state index contributed by atoms with van der Waals surface area (Å²) in [6, 6.07) is 17.0. The van der Waals surface area contributed by atoms with Gasteiger partial charge in [-0.2, -0.15) is 5.26 Å². The maximum Gasteiger partial charge on any atom is 0.120 e. The number of nitrogens with one attached hydrogen (secondary N) is 1. The van der Waals surface area contributed by atoms with Crippen molar-refractivity contribution < 1.29 is 5.11 Å². The van der Waals surface area contributed by atoms with Crippen LogP contribution in [0.25, 0.3) is 0 Å². The van der Waals surface area contributed by atoms with Gasteiger partial charge in [-0.05, 0) is 36.7 Å². The maximum atomic E-state index is 9.61. The van der Waals surface area contributed by atoms with Crippen LogP contribution in [0.1, 0.15) is 16.7 Å². The number of phenolic OH excluding ortho intramolecular Hbond substituents is 1. The van der Waals surface area contributed by atoms with Gasteiger partial charge in [-0.15, -0.1) is 0 Å². The third kappa shape index (κ3) is 3.84. The van der Waals surface area contributed by atoms with Crippen LogP contribution in [0.2, 0.25) is 0 Å². The number of nitriles is 1. The Labute approximate surface area is 113 Å². The molecule has 19 heavy (non-hydrogen) atoms. The molecule has 3 nitrogen and oxygen atoms in total. The van der Waals surface area contributed by atoms with E-state index in [1.807, 2.05) is 42.5 Å². The molecule has 0 aromatic heterocycles. The number of hydrogen-bond donors (Lipinski definition) is 2. The number of hydrogen-bond acceptors (Lipinski definition) is 3. The number of nitrogens with zero attached hydrogens (tertiary/aromatic N) is 1. The van der Waals surface area contributed by atoms with E-state index in [-0.39, 0.29) is 0 Å². The summed E-state index contributed by atoms with van der Waals surface area (Å²) in [5, 5.41) is 21.6. The van der Waals surface area contributed by atoms with Crippen LogP contribution < -0.4 is 5.32 Å². The van der Waals surface area contributed by atoms with Crippen LogP contribution in [0.4, 0.5) is 0 Å². The SMILES string of the molecule is N#Cc1ccc(CCNCc2ccccc2O)cc1. The van der Waals surface area contributed by atoms with Gasteiger partial charge in [-0.25, -0.2) is 0 Å². The smallest absolute Gasteiger partial charge is 0.120 e. The second kappa shape index (κ2) is 6.58. The Hall–Kier alpha value is -2.31. The van der Waals surface area contributed by atoms with E-state index in [2.05, 4.69) is 11.4 Å². The Morgan fingerprint density at radius 1 is 1.05 bits per heavy atom. The minimum Gasteiger partial charge on any atom is -0.508 e. The lowest BCUT2D eigenvalue weighted by molar-refractivity contribution is 0.464. The minimum absolute atomic E-state index is 0.327. The molecule has 0 amide bonds. The van der Waals surface area contributed by atoms with Crippen molar-refractivity contribution in [2.75, 3.05) is 6.54 Å². The van der Waals surface area contributed by atoms with Gasteiger partial charge in [0.1, 0.15) is 5.75 Å². The molecular weight excluding hydrogens is 236 g/mol. The molecule has 2 N–H and O–H groups in total. The van der Waals surface area contributed by atoms with Gasteiger partial charge in [0.05, 0.1) is 11.6 Å².